The van der Waals surface area contributed by atoms with Gasteiger partial charge in [-0.25, -0.2) is 4.39 Å². The van der Waals surface area contributed by atoms with Crippen molar-refractivity contribution >= 4 is 11.6 Å². The molecular weight excluding hydrogens is 377 g/mol. The van der Waals surface area contributed by atoms with E-state index in [0.717, 1.165) is 0 Å². The van der Waals surface area contributed by atoms with Gasteiger partial charge in [-0.15, -0.1) is 0 Å². The molecular formula is C21H20FN3O4. The highest BCUT2D eigenvalue weighted by atomic mass is 19.1. The summed E-state index contributed by atoms with van der Waals surface area (Å²) in [6.45, 7) is 2.03. The van der Waals surface area contributed by atoms with Gasteiger partial charge in [-0.1, -0.05) is 11.2 Å². The molecule has 8 heteroatoms. The van der Waals surface area contributed by atoms with Gasteiger partial charge in [0.1, 0.15) is 17.3 Å². The fourth-order valence-corrected chi connectivity index (χ4v) is 3.33. The van der Waals surface area contributed by atoms with Crippen molar-refractivity contribution in [3.05, 3.63) is 53.7 Å². The smallest absolute Gasteiger partial charge is 0.232 e. The second kappa shape index (κ2) is 7.54. The Labute approximate surface area is 167 Å². The van der Waals surface area contributed by atoms with Crippen molar-refractivity contribution in [3.63, 3.8) is 0 Å². The van der Waals surface area contributed by atoms with Crippen LogP contribution in [0.1, 0.15) is 23.8 Å². The molecule has 0 aliphatic carbocycles. The van der Waals surface area contributed by atoms with Crippen LogP contribution in [-0.4, -0.2) is 36.8 Å². The molecule has 7 nitrogen and oxygen atoms in total. The largest absolute Gasteiger partial charge is 0.497 e. The van der Waals surface area contributed by atoms with Crippen molar-refractivity contribution in [1.29, 1.82) is 0 Å². The second-order valence-electron chi connectivity index (χ2n) is 6.90. The quantitative estimate of drug-likeness (QED) is 0.653. The van der Waals surface area contributed by atoms with E-state index in [1.54, 1.807) is 56.4 Å². The van der Waals surface area contributed by atoms with E-state index in [1.807, 2.05) is 0 Å². The van der Waals surface area contributed by atoms with Crippen LogP contribution in [0.5, 0.6) is 11.5 Å². The molecule has 0 radical (unpaired) electrons. The van der Waals surface area contributed by atoms with Crippen LogP contribution in [0.15, 0.2) is 40.9 Å². The first kappa shape index (κ1) is 18.9. The normalized spacial score (nSPS) is 16.3. The number of methoxy groups -OCH3 is 2. The highest BCUT2D eigenvalue weighted by molar-refractivity contribution is 5.96. The average Bonchev–Trinajstić information content (AvgIpc) is 3.36. The third-order valence-electron chi connectivity index (χ3n) is 4.99. The number of aromatic nitrogens is 2. The molecule has 3 aromatic rings. The lowest BCUT2D eigenvalue weighted by atomic mass is 10.1. The third-order valence-corrected chi connectivity index (χ3v) is 4.99. The molecule has 1 saturated heterocycles. The maximum Gasteiger partial charge on any atom is 0.232 e. The van der Waals surface area contributed by atoms with Gasteiger partial charge in [0.2, 0.25) is 17.6 Å². The molecule has 0 N–H and O–H groups in total. The number of hydrogen-bond donors (Lipinski definition) is 0. The van der Waals surface area contributed by atoms with E-state index in [4.69, 9.17) is 14.0 Å². The van der Waals surface area contributed by atoms with Crippen LogP contribution >= 0.6 is 0 Å². The van der Waals surface area contributed by atoms with Crippen LogP contribution in [0.4, 0.5) is 10.1 Å². The summed E-state index contributed by atoms with van der Waals surface area (Å²) < 4.78 is 29.9. The van der Waals surface area contributed by atoms with Crippen molar-refractivity contribution in [2.45, 2.75) is 19.3 Å². The van der Waals surface area contributed by atoms with Gasteiger partial charge in [-0.05, 0) is 36.8 Å². The number of hydrogen-bond acceptors (Lipinski definition) is 6. The lowest BCUT2D eigenvalue weighted by molar-refractivity contribution is -0.117. The highest BCUT2D eigenvalue weighted by Crippen LogP contribution is 2.34. The van der Waals surface area contributed by atoms with Gasteiger partial charge in [-0.3, -0.25) is 4.79 Å². The number of anilines is 1. The third kappa shape index (κ3) is 3.65. The predicted molar refractivity (Wildman–Crippen MR) is 104 cm³/mol. The predicted octanol–water partition coefficient (Wildman–Crippen LogP) is 3.72. The van der Waals surface area contributed by atoms with Crippen molar-refractivity contribution in [2.24, 2.45) is 0 Å². The van der Waals surface area contributed by atoms with Gasteiger partial charge in [-0.2, -0.15) is 4.98 Å². The minimum absolute atomic E-state index is 0.110. The first-order chi connectivity index (χ1) is 14.0. The minimum atomic E-state index is -0.342. The summed E-state index contributed by atoms with van der Waals surface area (Å²) in [6.07, 6.45) is 0.221. The number of benzene rings is 2. The lowest BCUT2D eigenvalue weighted by Gasteiger charge is -2.16. The molecule has 0 bridgehead atoms. The first-order valence-electron chi connectivity index (χ1n) is 9.12. The standard InChI is InChI=1S/C21H20FN3O4/c1-12-4-5-15(9-18(12)22)25-11-14(8-19(25)26)21-23-20(24-29-21)13-6-16(27-2)10-17(7-13)28-3/h4-7,9-10,14H,8,11H2,1-3H3. The molecule has 2 aromatic carbocycles. The molecule has 1 unspecified atom stereocenters. The van der Waals surface area contributed by atoms with Gasteiger partial charge in [0.25, 0.3) is 0 Å². The number of amides is 1. The van der Waals surface area contributed by atoms with E-state index in [-0.39, 0.29) is 24.1 Å². The summed E-state index contributed by atoms with van der Waals surface area (Å²) in [7, 11) is 3.12. The molecule has 1 aliphatic rings. The van der Waals surface area contributed by atoms with Gasteiger partial charge < -0.3 is 18.9 Å². The summed E-state index contributed by atoms with van der Waals surface area (Å²) in [4.78, 5) is 18.5. The fourth-order valence-electron chi connectivity index (χ4n) is 3.33. The number of rotatable bonds is 5. The molecule has 1 aromatic heterocycles. The van der Waals surface area contributed by atoms with Crippen molar-refractivity contribution in [2.75, 3.05) is 25.7 Å². The molecule has 1 atom stereocenters. The molecule has 150 valence electrons. The molecule has 1 fully saturated rings. The van der Waals surface area contributed by atoms with E-state index >= 15 is 0 Å². The molecule has 0 saturated carbocycles. The SMILES string of the molecule is COc1cc(OC)cc(-c2noc(C3CC(=O)N(c4ccc(C)c(F)c4)C3)n2)c1. The highest BCUT2D eigenvalue weighted by Gasteiger charge is 2.35. The Morgan fingerprint density at radius 2 is 1.86 bits per heavy atom. The zero-order chi connectivity index (χ0) is 20.5. The fraction of sp³-hybridized carbons (Fsp3) is 0.286. The number of ether oxygens (including phenoxy) is 2. The van der Waals surface area contributed by atoms with Crippen molar-refractivity contribution in [3.8, 4) is 22.9 Å². The van der Waals surface area contributed by atoms with Crippen LogP contribution in [0.3, 0.4) is 0 Å². The summed E-state index contributed by atoms with van der Waals surface area (Å²) in [5.74, 6) is 1.24. The zero-order valence-corrected chi connectivity index (χ0v) is 16.3. The Morgan fingerprint density at radius 1 is 1.14 bits per heavy atom. The summed E-state index contributed by atoms with van der Waals surface area (Å²) in [6, 6.07) is 10.1. The number of nitrogens with zero attached hydrogens (tertiary/aromatic N) is 3. The van der Waals surface area contributed by atoms with Gasteiger partial charge in [0, 0.05) is 30.3 Å². The van der Waals surface area contributed by atoms with Crippen LogP contribution in [0.25, 0.3) is 11.4 Å². The Morgan fingerprint density at radius 3 is 2.52 bits per heavy atom. The summed E-state index contributed by atoms with van der Waals surface area (Å²) in [5.41, 5.74) is 1.74. The molecule has 2 heterocycles. The van der Waals surface area contributed by atoms with E-state index in [9.17, 15) is 9.18 Å². The monoisotopic (exact) mass is 397 g/mol. The number of carbonyl (C=O) groups excluding carboxylic acids is 1. The Kier molecular flexibility index (Phi) is 4.92. The second-order valence-corrected chi connectivity index (χ2v) is 6.90. The topological polar surface area (TPSA) is 77.7 Å². The van der Waals surface area contributed by atoms with Gasteiger partial charge >= 0.3 is 0 Å². The number of carbonyl (C=O) groups is 1. The van der Waals surface area contributed by atoms with Crippen LogP contribution in [0, 0.1) is 12.7 Å². The van der Waals surface area contributed by atoms with Gasteiger partial charge in [0.05, 0.1) is 20.1 Å². The van der Waals surface area contributed by atoms with Crippen LogP contribution in [0.2, 0.25) is 0 Å². The number of halogens is 1. The average molecular weight is 397 g/mol. The van der Waals surface area contributed by atoms with E-state index < -0.39 is 0 Å². The maximum atomic E-state index is 13.9. The molecule has 4 rings (SSSR count). The van der Waals surface area contributed by atoms with E-state index in [0.29, 0.717) is 46.6 Å². The Bertz CT molecular complexity index is 1040. The van der Waals surface area contributed by atoms with Crippen LogP contribution < -0.4 is 14.4 Å². The van der Waals surface area contributed by atoms with E-state index in [1.165, 1.54) is 6.07 Å². The van der Waals surface area contributed by atoms with Crippen molar-refractivity contribution in [1.82, 2.24) is 10.1 Å². The maximum absolute atomic E-state index is 13.9. The molecule has 0 spiro atoms. The molecule has 1 aliphatic heterocycles. The number of aryl methyl sites for hydroxylation is 1. The first-order valence-corrected chi connectivity index (χ1v) is 9.12. The Hall–Kier alpha value is -3.42. The van der Waals surface area contributed by atoms with Crippen molar-refractivity contribution < 1.29 is 23.2 Å². The Balaban J connectivity index is 1.57. The van der Waals surface area contributed by atoms with Crippen LogP contribution in [-0.2, 0) is 4.79 Å². The molecule has 29 heavy (non-hydrogen) atoms. The summed E-state index contributed by atoms with van der Waals surface area (Å²) in [5, 5.41) is 4.04. The minimum Gasteiger partial charge on any atom is -0.497 e. The summed E-state index contributed by atoms with van der Waals surface area (Å²) >= 11 is 0. The lowest BCUT2D eigenvalue weighted by Crippen LogP contribution is -2.24. The van der Waals surface area contributed by atoms with Gasteiger partial charge in [0.15, 0.2) is 0 Å². The van der Waals surface area contributed by atoms with E-state index in [2.05, 4.69) is 10.1 Å². The molecule has 1 amide bonds. The zero-order valence-electron chi connectivity index (χ0n) is 16.3.